The molecule has 0 saturated carbocycles. The molecular weight excluding hydrogens is 230 g/mol. The highest BCUT2D eigenvalue weighted by atomic mass is 16.3. The molecule has 0 heterocycles. The molecule has 0 fully saturated rings. The Bertz CT molecular complexity index is 335. The molecular formula is C14H23NO3. The summed E-state index contributed by atoms with van der Waals surface area (Å²) in [7, 11) is 0. The first-order chi connectivity index (χ1) is 8.63. The number of hydrogen-bond donors (Lipinski definition) is 4. The van der Waals surface area contributed by atoms with Gasteiger partial charge >= 0.3 is 0 Å². The number of aromatic hydroxyl groups is 2. The molecule has 1 atom stereocenters. The first-order valence-corrected chi connectivity index (χ1v) is 6.50. The van der Waals surface area contributed by atoms with Crippen LogP contribution in [0.4, 0.5) is 0 Å². The zero-order chi connectivity index (χ0) is 13.4. The van der Waals surface area contributed by atoms with E-state index in [1.54, 1.807) is 12.1 Å². The molecule has 0 radical (unpaired) electrons. The third-order valence-electron chi connectivity index (χ3n) is 2.96. The van der Waals surface area contributed by atoms with Crippen LogP contribution in [-0.4, -0.2) is 28.5 Å². The van der Waals surface area contributed by atoms with E-state index in [-0.39, 0.29) is 24.1 Å². The second-order valence-corrected chi connectivity index (χ2v) is 4.60. The summed E-state index contributed by atoms with van der Waals surface area (Å²) >= 11 is 0. The summed E-state index contributed by atoms with van der Waals surface area (Å²) in [5, 5.41) is 30.8. The summed E-state index contributed by atoms with van der Waals surface area (Å²) in [4.78, 5) is 0. The Labute approximate surface area is 108 Å². The largest absolute Gasteiger partial charge is 0.508 e. The number of nitrogens with one attached hydrogen (secondary N) is 1. The highest BCUT2D eigenvalue weighted by molar-refractivity contribution is 5.37. The van der Waals surface area contributed by atoms with Crippen molar-refractivity contribution in [1.82, 2.24) is 5.32 Å². The minimum absolute atomic E-state index is 0.0848. The van der Waals surface area contributed by atoms with Crippen LogP contribution >= 0.6 is 0 Å². The van der Waals surface area contributed by atoms with Crippen molar-refractivity contribution in [3.63, 3.8) is 0 Å². The fourth-order valence-electron chi connectivity index (χ4n) is 1.89. The maximum atomic E-state index is 9.40. The minimum Gasteiger partial charge on any atom is -0.508 e. The van der Waals surface area contributed by atoms with Crippen LogP contribution in [0.25, 0.3) is 0 Å². The summed E-state index contributed by atoms with van der Waals surface area (Å²) in [6.07, 6.45) is 4.09. The van der Waals surface area contributed by atoms with Gasteiger partial charge in [-0.1, -0.05) is 12.8 Å². The van der Waals surface area contributed by atoms with Gasteiger partial charge in [0.05, 0.1) is 0 Å². The lowest BCUT2D eigenvalue weighted by atomic mass is 10.1. The first-order valence-electron chi connectivity index (χ1n) is 6.50. The maximum Gasteiger partial charge on any atom is 0.119 e. The Morgan fingerprint density at radius 3 is 2.22 bits per heavy atom. The van der Waals surface area contributed by atoms with E-state index < -0.39 is 0 Å². The van der Waals surface area contributed by atoms with Gasteiger partial charge in [-0.05, 0) is 44.0 Å². The van der Waals surface area contributed by atoms with Crippen LogP contribution in [0.15, 0.2) is 18.2 Å². The van der Waals surface area contributed by atoms with Gasteiger partial charge in [-0.15, -0.1) is 0 Å². The van der Waals surface area contributed by atoms with E-state index in [4.69, 9.17) is 5.11 Å². The van der Waals surface area contributed by atoms with Crippen LogP contribution in [0.3, 0.4) is 0 Å². The molecule has 1 aromatic carbocycles. The van der Waals surface area contributed by atoms with Crippen molar-refractivity contribution in [2.75, 3.05) is 13.2 Å². The molecule has 4 N–H and O–H groups in total. The molecule has 0 spiro atoms. The lowest BCUT2D eigenvalue weighted by Gasteiger charge is -2.14. The van der Waals surface area contributed by atoms with Crippen molar-refractivity contribution in [3.05, 3.63) is 23.8 Å². The van der Waals surface area contributed by atoms with E-state index in [1.165, 1.54) is 6.07 Å². The number of phenolic OH excluding ortho intramolecular Hbond substituents is 2. The van der Waals surface area contributed by atoms with Crippen molar-refractivity contribution in [1.29, 1.82) is 0 Å². The number of unbranched alkanes of at least 4 members (excludes halogenated alkanes) is 3. The molecule has 1 rings (SSSR count). The highest BCUT2D eigenvalue weighted by Gasteiger charge is 2.07. The van der Waals surface area contributed by atoms with Gasteiger partial charge in [-0.2, -0.15) is 0 Å². The summed E-state index contributed by atoms with van der Waals surface area (Å²) in [6.45, 7) is 3.16. The second-order valence-electron chi connectivity index (χ2n) is 4.60. The zero-order valence-corrected chi connectivity index (χ0v) is 10.9. The van der Waals surface area contributed by atoms with Crippen LogP contribution in [0.2, 0.25) is 0 Å². The lowest BCUT2D eigenvalue weighted by molar-refractivity contribution is 0.282. The fourth-order valence-corrected chi connectivity index (χ4v) is 1.89. The van der Waals surface area contributed by atoms with Crippen LogP contribution < -0.4 is 5.32 Å². The van der Waals surface area contributed by atoms with Crippen LogP contribution in [0, 0.1) is 0 Å². The van der Waals surface area contributed by atoms with Gasteiger partial charge in [0.2, 0.25) is 0 Å². The molecule has 0 aromatic heterocycles. The first kappa shape index (κ1) is 14.8. The van der Waals surface area contributed by atoms with Gasteiger partial charge in [0.15, 0.2) is 0 Å². The Kier molecular flexibility index (Phi) is 6.54. The summed E-state index contributed by atoms with van der Waals surface area (Å²) in [5.74, 6) is 0.170. The maximum absolute atomic E-state index is 9.40. The second kappa shape index (κ2) is 7.95. The molecule has 1 unspecified atom stereocenters. The van der Waals surface area contributed by atoms with Crippen LogP contribution in [-0.2, 0) is 0 Å². The van der Waals surface area contributed by atoms with E-state index in [1.807, 2.05) is 6.92 Å². The summed E-state index contributed by atoms with van der Waals surface area (Å²) in [6, 6.07) is 4.73. The topological polar surface area (TPSA) is 72.7 Å². The van der Waals surface area contributed by atoms with Gasteiger partial charge in [0.1, 0.15) is 11.5 Å². The van der Waals surface area contributed by atoms with Gasteiger partial charge in [0.25, 0.3) is 0 Å². The van der Waals surface area contributed by atoms with E-state index in [0.717, 1.165) is 37.8 Å². The van der Waals surface area contributed by atoms with E-state index >= 15 is 0 Å². The van der Waals surface area contributed by atoms with Crippen molar-refractivity contribution >= 4 is 0 Å². The Hall–Kier alpha value is -1.26. The Morgan fingerprint density at radius 2 is 1.61 bits per heavy atom. The number of rotatable bonds is 8. The zero-order valence-electron chi connectivity index (χ0n) is 10.9. The molecule has 102 valence electrons. The van der Waals surface area contributed by atoms with E-state index in [2.05, 4.69) is 5.32 Å². The third-order valence-corrected chi connectivity index (χ3v) is 2.96. The molecule has 0 saturated heterocycles. The molecule has 0 aliphatic heterocycles. The average molecular weight is 253 g/mol. The number of aliphatic hydroxyl groups excluding tert-OH is 1. The predicted octanol–water partition coefficient (Wildman–Crippen LogP) is 2.30. The smallest absolute Gasteiger partial charge is 0.119 e. The molecule has 0 aliphatic carbocycles. The van der Waals surface area contributed by atoms with Crippen molar-refractivity contribution in [2.24, 2.45) is 0 Å². The molecule has 0 amide bonds. The monoisotopic (exact) mass is 253 g/mol. The van der Waals surface area contributed by atoms with Gasteiger partial charge in [-0.3, -0.25) is 0 Å². The Morgan fingerprint density at radius 1 is 1.00 bits per heavy atom. The minimum atomic E-state index is 0.0848. The van der Waals surface area contributed by atoms with Crippen molar-refractivity contribution < 1.29 is 15.3 Å². The van der Waals surface area contributed by atoms with Gasteiger partial charge in [-0.25, -0.2) is 0 Å². The molecule has 0 bridgehead atoms. The molecule has 0 aliphatic rings. The SMILES string of the molecule is CC(NCCCCCCO)c1cc(O)cc(O)c1. The van der Waals surface area contributed by atoms with Crippen LogP contribution in [0.5, 0.6) is 11.5 Å². The van der Waals surface area contributed by atoms with E-state index in [0.29, 0.717) is 0 Å². The van der Waals surface area contributed by atoms with Crippen molar-refractivity contribution in [3.8, 4) is 11.5 Å². The highest BCUT2D eigenvalue weighted by Crippen LogP contribution is 2.24. The standard InChI is InChI=1S/C14H23NO3/c1-11(15-6-4-2-3-5-7-16)12-8-13(17)10-14(18)9-12/h8-11,15-18H,2-7H2,1H3. The predicted molar refractivity (Wildman–Crippen MR) is 71.7 cm³/mol. The fraction of sp³-hybridized carbons (Fsp3) is 0.571. The molecule has 18 heavy (non-hydrogen) atoms. The number of hydrogen-bond acceptors (Lipinski definition) is 4. The quantitative estimate of drug-likeness (QED) is 0.536. The van der Waals surface area contributed by atoms with E-state index in [9.17, 15) is 10.2 Å². The summed E-state index contributed by atoms with van der Waals surface area (Å²) < 4.78 is 0. The molecule has 4 heteroatoms. The normalized spacial score (nSPS) is 12.6. The van der Waals surface area contributed by atoms with Gasteiger partial charge < -0.3 is 20.6 Å². The molecule has 1 aromatic rings. The number of phenols is 2. The summed E-state index contributed by atoms with van der Waals surface area (Å²) in [5.41, 5.74) is 0.878. The number of benzene rings is 1. The lowest BCUT2D eigenvalue weighted by Crippen LogP contribution is -2.19. The average Bonchev–Trinajstić information content (AvgIpc) is 2.32. The van der Waals surface area contributed by atoms with Crippen molar-refractivity contribution in [2.45, 2.75) is 38.6 Å². The number of aliphatic hydroxyl groups is 1. The van der Waals surface area contributed by atoms with Gasteiger partial charge in [0, 0.05) is 18.7 Å². The Balaban J connectivity index is 2.29. The molecule has 4 nitrogen and oxygen atoms in total. The third kappa shape index (κ3) is 5.38. The van der Waals surface area contributed by atoms with Crippen LogP contribution in [0.1, 0.15) is 44.2 Å².